The van der Waals surface area contributed by atoms with Gasteiger partial charge in [0.15, 0.2) is 0 Å². The standard InChI is InChI=1S/C23H23ClN2O4S/c1-3-30-21-9-6-8-19(15-21)25-23(27)17-11-13-20(14-12-17)26(31(2,28)29)16-18-7-4-5-10-22(18)24/h4-15H,3,16H2,1-2H3,(H,25,27). The first-order valence-electron chi connectivity index (χ1n) is 9.63. The van der Waals surface area contributed by atoms with Gasteiger partial charge >= 0.3 is 0 Å². The minimum atomic E-state index is -3.56. The molecule has 6 nitrogen and oxygen atoms in total. The molecule has 0 aromatic heterocycles. The lowest BCUT2D eigenvalue weighted by Crippen LogP contribution is -2.29. The van der Waals surface area contributed by atoms with E-state index in [9.17, 15) is 13.2 Å². The van der Waals surface area contributed by atoms with E-state index in [4.69, 9.17) is 16.3 Å². The second-order valence-electron chi connectivity index (χ2n) is 6.82. The van der Waals surface area contributed by atoms with Crippen LogP contribution in [0, 0.1) is 0 Å². The van der Waals surface area contributed by atoms with Gasteiger partial charge in [-0.05, 0) is 55.0 Å². The lowest BCUT2D eigenvalue weighted by atomic mass is 10.1. The Morgan fingerprint density at radius 2 is 1.74 bits per heavy atom. The molecule has 162 valence electrons. The summed E-state index contributed by atoms with van der Waals surface area (Å²) in [6.07, 6.45) is 1.13. The maximum Gasteiger partial charge on any atom is 0.255 e. The van der Waals surface area contributed by atoms with Gasteiger partial charge in [0.1, 0.15) is 5.75 Å². The molecular weight excluding hydrogens is 436 g/mol. The van der Waals surface area contributed by atoms with Crippen molar-refractivity contribution < 1.29 is 17.9 Å². The van der Waals surface area contributed by atoms with Crippen LogP contribution in [0.1, 0.15) is 22.8 Å². The molecule has 0 aliphatic heterocycles. The minimum absolute atomic E-state index is 0.0915. The second kappa shape index (κ2) is 9.85. The molecule has 0 unspecified atom stereocenters. The highest BCUT2D eigenvalue weighted by molar-refractivity contribution is 7.92. The van der Waals surface area contributed by atoms with Crippen LogP contribution in [-0.4, -0.2) is 27.2 Å². The van der Waals surface area contributed by atoms with Crippen molar-refractivity contribution in [3.05, 3.63) is 88.9 Å². The fraction of sp³-hybridized carbons (Fsp3) is 0.174. The van der Waals surface area contributed by atoms with E-state index in [0.29, 0.717) is 39.9 Å². The highest BCUT2D eigenvalue weighted by atomic mass is 35.5. The molecule has 0 bridgehead atoms. The van der Waals surface area contributed by atoms with Crippen LogP contribution in [0.2, 0.25) is 5.02 Å². The highest BCUT2D eigenvalue weighted by Crippen LogP contribution is 2.25. The summed E-state index contributed by atoms with van der Waals surface area (Å²) in [5, 5.41) is 3.30. The first-order chi connectivity index (χ1) is 14.8. The zero-order valence-corrected chi connectivity index (χ0v) is 18.8. The van der Waals surface area contributed by atoms with Gasteiger partial charge in [0.25, 0.3) is 5.91 Å². The lowest BCUT2D eigenvalue weighted by Gasteiger charge is -2.23. The average molecular weight is 459 g/mol. The second-order valence-corrected chi connectivity index (χ2v) is 9.14. The van der Waals surface area contributed by atoms with Crippen LogP contribution in [-0.2, 0) is 16.6 Å². The summed E-state index contributed by atoms with van der Waals surface area (Å²) in [4.78, 5) is 12.6. The number of hydrogen-bond acceptors (Lipinski definition) is 4. The first-order valence-corrected chi connectivity index (χ1v) is 11.9. The minimum Gasteiger partial charge on any atom is -0.494 e. The van der Waals surface area contributed by atoms with Crippen molar-refractivity contribution in [2.45, 2.75) is 13.5 Å². The number of hydrogen-bond donors (Lipinski definition) is 1. The van der Waals surface area contributed by atoms with Gasteiger partial charge in [0.2, 0.25) is 10.0 Å². The molecule has 31 heavy (non-hydrogen) atoms. The van der Waals surface area contributed by atoms with Crippen LogP contribution >= 0.6 is 11.6 Å². The van der Waals surface area contributed by atoms with Crippen LogP contribution in [0.3, 0.4) is 0 Å². The predicted octanol–water partition coefficient (Wildman–Crippen LogP) is 4.96. The SMILES string of the molecule is CCOc1cccc(NC(=O)c2ccc(N(Cc3ccccc3Cl)S(C)(=O)=O)cc2)c1. The number of carbonyl (C=O) groups is 1. The smallest absolute Gasteiger partial charge is 0.255 e. The number of rotatable bonds is 8. The van der Waals surface area contributed by atoms with Crippen molar-refractivity contribution >= 4 is 38.9 Å². The van der Waals surface area contributed by atoms with E-state index >= 15 is 0 Å². The molecule has 0 fully saturated rings. The van der Waals surface area contributed by atoms with Crippen molar-refractivity contribution in [3.8, 4) is 5.75 Å². The van der Waals surface area contributed by atoms with Crippen molar-refractivity contribution in [2.75, 3.05) is 22.5 Å². The van der Waals surface area contributed by atoms with Gasteiger partial charge in [0.05, 0.1) is 25.1 Å². The van der Waals surface area contributed by atoms with Crippen molar-refractivity contribution in [1.29, 1.82) is 0 Å². The fourth-order valence-electron chi connectivity index (χ4n) is 2.99. The predicted molar refractivity (Wildman–Crippen MR) is 124 cm³/mol. The zero-order chi connectivity index (χ0) is 22.4. The number of nitrogens with one attached hydrogen (secondary N) is 1. The van der Waals surface area contributed by atoms with Crippen LogP contribution in [0.25, 0.3) is 0 Å². The molecule has 8 heteroatoms. The van der Waals surface area contributed by atoms with E-state index in [2.05, 4.69) is 5.32 Å². The van der Waals surface area contributed by atoms with Gasteiger partial charge in [-0.15, -0.1) is 0 Å². The quantitative estimate of drug-likeness (QED) is 0.517. The van der Waals surface area contributed by atoms with E-state index in [0.717, 1.165) is 6.26 Å². The molecule has 0 aliphatic rings. The van der Waals surface area contributed by atoms with Gasteiger partial charge in [-0.1, -0.05) is 35.9 Å². The molecular formula is C23H23ClN2O4S. The Morgan fingerprint density at radius 3 is 2.39 bits per heavy atom. The highest BCUT2D eigenvalue weighted by Gasteiger charge is 2.19. The average Bonchev–Trinajstić information content (AvgIpc) is 2.73. The van der Waals surface area contributed by atoms with Gasteiger partial charge in [0, 0.05) is 22.3 Å². The number of carbonyl (C=O) groups excluding carboxylic acids is 1. The third-order valence-corrected chi connectivity index (χ3v) is 6.00. The molecule has 0 saturated carbocycles. The van der Waals surface area contributed by atoms with E-state index in [1.54, 1.807) is 66.7 Å². The summed E-state index contributed by atoms with van der Waals surface area (Å²) >= 11 is 6.20. The summed E-state index contributed by atoms with van der Waals surface area (Å²) in [6, 6.07) is 20.6. The van der Waals surface area contributed by atoms with Crippen LogP contribution in [0.5, 0.6) is 5.75 Å². The van der Waals surface area contributed by atoms with E-state index in [1.165, 1.54) is 4.31 Å². The van der Waals surface area contributed by atoms with Gasteiger partial charge < -0.3 is 10.1 Å². The fourth-order valence-corrected chi connectivity index (χ4v) is 4.07. The summed E-state index contributed by atoms with van der Waals surface area (Å²) in [5.41, 5.74) is 2.14. The topological polar surface area (TPSA) is 75.7 Å². The van der Waals surface area contributed by atoms with Crippen molar-refractivity contribution in [2.24, 2.45) is 0 Å². The van der Waals surface area contributed by atoms with E-state index < -0.39 is 10.0 Å². The summed E-state index contributed by atoms with van der Waals surface area (Å²) in [6.45, 7) is 2.51. The maximum atomic E-state index is 12.6. The van der Waals surface area contributed by atoms with Crippen molar-refractivity contribution in [3.63, 3.8) is 0 Å². The Labute approximate surface area is 187 Å². The number of anilines is 2. The molecule has 1 amide bonds. The third kappa shape index (κ3) is 5.99. The lowest BCUT2D eigenvalue weighted by molar-refractivity contribution is 0.102. The van der Waals surface area contributed by atoms with E-state index in [1.807, 2.05) is 13.0 Å². The maximum absolute atomic E-state index is 12.6. The number of amides is 1. The summed E-state index contributed by atoms with van der Waals surface area (Å²) in [7, 11) is -3.56. The molecule has 0 saturated heterocycles. The van der Waals surface area contributed by atoms with Gasteiger partial charge in [-0.25, -0.2) is 8.42 Å². The Morgan fingerprint density at radius 1 is 1.03 bits per heavy atom. The normalized spacial score (nSPS) is 11.1. The first kappa shape index (κ1) is 22.7. The monoisotopic (exact) mass is 458 g/mol. The van der Waals surface area contributed by atoms with Crippen molar-refractivity contribution in [1.82, 2.24) is 0 Å². The molecule has 1 N–H and O–H groups in total. The molecule has 0 aliphatic carbocycles. The molecule has 3 aromatic carbocycles. The van der Waals surface area contributed by atoms with E-state index in [-0.39, 0.29) is 12.5 Å². The van der Waals surface area contributed by atoms with Gasteiger partial charge in [-0.2, -0.15) is 0 Å². The molecule has 0 radical (unpaired) electrons. The Kier molecular flexibility index (Phi) is 7.20. The Bertz CT molecular complexity index is 1160. The molecule has 3 aromatic rings. The zero-order valence-electron chi connectivity index (χ0n) is 17.2. The molecule has 0 atom stereocenters. The number of halogens is 1. The van der Waals surface area contributed by atoms with Crippen LogP contribution in [0.15, 0.2) is 72.8 Å². The number of nitrogens with zero attached hydrogens (tertiary/aromatic N) is 1. The molecule has 3 rings (SSSR count). The largest absolute Gasteiger partial charge is 0.494 e. The molecule has 0 spiro atoms. The Balaban J connectivity index is 1.79. The summed E-state index contributed by atoms with van der Waals surface area (Å²) in [5.74, 6) is 0.358. The molecule has 0 heterocycles. The summed E-state index contributed by atoms with van der Waals surface area (Å²) < 4.78 is 31.5. The van der Waals surface area contributed by atoms with Crippen LogP contribution < -0.4 is 14.4 Å². The number of sulfonamides is 1. The van der Waals surface area contributed by atoms with Crippen LogP contribution in [0.4, 0.5) is 11.4 Å². The van der Waals surface area contributed by atoms with Gasteiger partial charge in [-0.3, -0.25) is 9.10 Å². The third-order valence-electron chi connectivity index (χ3n) is 4.49. The Hall–Kier alpha value is -3.03. The number of ether oxygens (including phenoxy) is 1. The number of benzene rings is 3.